The van der Waals surface area contributed by atoms with Gasteiger partial charge < -0.3 is 0 Å². The van der Waals surface area contributed by atoms with Crippen molar-refractivity contribution in [2.45, 2.75) is 6.18 Å². The van der Waals surface area contributed by atoms with Crippen molar-refractivity contribution in [3.8, 4) is 0 Å². The van der Waals surface area contributed by atoms with Crippen molar-refractivity contribution in [2.75, 3.05) is 5.88 Å². The number of Topliss-reactive ketones (excluding diaryl/α,β-unsaturated/α-hetero) is 1. The predicted molar refractivity (Wildman–Crippen MR) is 51.5 cm³/mol. The largest absolute Gasteiger partial charge is 0.417 e. The molecule has 0 aliphatic rings. The first kappa shape index (κ1) is 14.2. The number of pyridine rings is 1. The summed E-state index contributed by atoms with van der Waals surface area (Å²) in [4.78, 5) is 14.5. The van der Waals surface area contributed by atoms with Gasteiger partial charge in [0.25, 0.3) is 0 Å². The first-order chi connectivity index (χ1) is 6.46. The van der Waals surface area contributed by atoms with Gasteiger partial charge in [0, 0.05) is 18.0 Å². The van der Waals surface area contributed by atoms with E-state index in [0.717, 1.165) is 18.5 Å². The maximum atomic E-state index is 12.3. The zero-order valence-electron chi connectivity index (χ0n) is 7.21. The maximum absolute atomic E-state index is 12.3. The van der Waals surface area contributed by atoms with Gasteiger partial charge in [-0.25, -0.2) is 0 Å². The summed E-state index contributed by atoms with van der Waals surface area (Å²) in [5.41, 5.74) is -1.49. The summed E-state index contributed by atoms with van der Waals surface area (Å²) in [6, 6.07) is 0.750. The van der Waals surface area contributed by atoms with E-state index in [1.54, 1.807) is 0 Å². The molecule has 15 heavy (non-hydrogen) atoms. The molecule has 0 N–H and O–H groups in total. The third kappa shape index (κ3) is 3.35. The van der Waals surface area contributed by atoms with Crippen LogP contribution in [0.1, 0.15) is 15.9 Å². The van der Waals surface area contributed by atoms with Crippen LogP contribution in [0.15, 0.2) is 18.5 Å². The molecule has 0 amide bonds. The minimum Gasteiger partial charge on any atom is -0.293 e. The Balaban J connectivity index is 0.00000196. The normalized spacial score (nSPS) is 10.7. The zero-order chi connectivity index (χ0) is 10.8. The summed E-state index contributed by atoms with van der Waals surface area (Å²) in [5.74, 6) is -1.28. The van der Waals surface area contributed by atoms with Gasteiger partial charge in [0.2, 0.25) is 0 Å². The molecule has 0 spiro atoms. The number of alkyl halides is 4. The van der Waals surface area contributed by atoms with Crippen LogP contribution in [-0.4, -0.2) is 16.6 Å². The Labute approximate surface area is 94.9 Å². The van der Waals surface area contributed by atoms with Crippen LogP contribution >= 0.6 is 24.0 Å². The van der Waals surface area contributed by atoms with E-state index < -0.39 is 29.0 Å². The van der Waals surface area contributed by atoms with Crippen LogP contribution in [0.3, 0.4) is 0 Å². The third-order valence-electron chi connectivity index (χ3n) is 1.55. The van der Waals surface area contributed by atoms with Gasteiger partial charge in [0.1, 0.15) is 0 Å². The predicted octanol–water partition coefficient (Wildman–Crippen LogP) is 2.94. The lowest BCUT2D eigenvalue weighted by Crippen LogP contribution is -2.14. The molecule has 1 rings (SSSR count). The molecule has 0 fully saturated rings. The number of rotatable bonds is 2. The van der Waals surface area contributed by atoms with Crippen LogP contribution in [0.4, 0.5) is 13.2 Å². The van der Waals surface area contributed by atoms with E-state index in [1.165, 1.54) is 0 Å². The van der Waals surface area contributed by atoms with E-state index in [9.17, 15) is 18.0 Å². The molecule has 0 radical (unpaired) electrons. The van der Waals surface area contributed by atoms with Crippen LogP contribution in [0, 0.1) is 0 Å². The lowest BCUT2D eigenvalue weighted by atomic mass is 10.1. The van der Waals surface area contributed by atoms with Gasteiger partial charge >= 0.3 is 6.18 Å². The first-order valence-corrected chi connectivity index (χ1v) is 4.10. The summed E-state index contributed by atoms with van der Waals surface area (Å²) >= 11 is 5.16. The van der Waals surface area contributed by atoms with Crippen LogP contribution < -0.4 is 0 Å². The van der Waals surface area contributed by atoms with Gasteiger partial charge in [-0.3, -0.25) is 9.78 Å². The number of hydrogen-bond donors (Lipinski definition) is 0. The molecule has 2 nitrogen and oxygen atoms in total. The minimum atomic E-state index is -4.56. The topological polar surface area (TPSA) is 30.0 Å². The number of halogens is 5. The highest BCUT2D eigenvalue weighted by atomic mass is 35.5. The number of nitrogens with zero attached hydrogens (tertiary/aromatic N) is 1. The van der Waals surface area contributed by atoms with Crippen LogP contribution in [0.5, 0.6) is 0 Å². The van der Waals surface area contributed by atoms with Crippen LogP contribution in [-0.2, 0) is 6.18 Å². The molecule has 0 aliphatic carbocycles. The average molecular weight is 260 g/mol. The van der Waals surface area contributed by atoms with E-state index in [1.807, 2.05) is 0 Å². The fourth-order valence-electron chi connectivity index (χ4n) is 0.936. The monoisotopic (exact) mass is 259 g/mol. The van der Waals surface area contributed by atoms with Gasteiger partial charge in [-0.1, -0.05) is 0 Å². The van der Waals surface area contributed by atoms with Gasteiger partial charge in [0.15, 0.2) is 5.78 Å². The molecule has 1 heterocycles. The first-order valence-electron chi connectivity index (χ1n) is 3.57. The fourth-order valence-corrected chi connectivity index (χ4v) is 1.08. The number of carbonyl (C=O) groups is 1. The molecule has 0 saturated carbocycles. The Kier molecular flexibility index (Phi) is 5.03. The second-order valence-corrected chi connectivity index (χ2v) is 2.74. The standard InChI is InChI=1S/C8H5ClF3NO.ClH/c9-3-7(14)5-4-13-2-1-6(5)8(10,11)12;/h1-2,4H,3H2;1H. The second-order valence-electron chi connectivity index (χ2n) is 2.48. The quantitative estimate of drug-likeness (QED) is 0.604. The summed E-state index contributed by atoms with van der Waals surface area (Å²) in [6.07, 6.45) is -2.71. The maximum Gasteiger partial charge on any atom is 0.417 e. The van der Waals surface area contributed by atoms with Crippen molar-refractivity contribution in [3.05, 3.63) is 29.6 Å². The molecule has 1 aromatic heterocycles. The van der Waals surface area contributed by atoms with E-state index in [0.29, 0.717) is 0 Å². The van der Waals surface area contributed by atoms with Crippen molar-refractivity contribution >= 4 is 29.8 Å². The van der Waals surface area contributed by atoms with E-state index in [4.69, 9.17) is 11.6 Å². The van der Waals surface area contributed by atoms with Crippen molar-refractivity contribution < 1.29 is 18.0 Å². The van der Waals surface area contributed by atoms with Crippen molar-refractivity contribution in [1.29, 1.82) is 0 Å². The highest BCUT2D eigenvalue weighted by Crippen LogP contribution is 2.31. The Morgan fingerprint density at radius 3 is 2.53 bits per heavy atom. The van der Waals surface area contributed by atoms with Crippen LogP contribution in [0.25, 0.3) is 0 Å². The average Bonchev–Trinajstić information content (AvgIpc) is 2.15. The molecule has 0 aliphatic heterocycles. The molecule has 0 unspecified atom stereocenters. The molecule has 0 aromatic carbocycles. The molecule has 0 bridgehead atoms. The number of aromatic nitrogens is 1. The summed E-state index contributed by atoms with van der Waals surface area (Å²) in [5, 5.41) is 0. The van der Waals surface area contributed by atoms with Gasteiger partial charge in [-0.05, 0) is 6.07 Å². The lowest BCUT2D eigenvalue weighted by molar-refractivity contribution is -0.138. The Morgan fingerprint density at radius 2 is 2.07 bits per heavy atom. The summed E-state index contributed by atoms with van der Waals surface area (Å²) in [6.45, 7) is 0. The summed E-state index contributed by atoms with van der Waals surface area (Å²) < 4.78 is 37.0. The molecule has 84 valence electrons. The molecule has 0 saturated heterocycles. The van der Waals surface area contributed by atoms with Gasteiger partial charge in [-0.15, -0.1) is 24.0 Å². The molecular formula is C8H6Cl2F3NO. The van der Waals surface area contributed by atoms with Gasteiger partial charge in [-0.2, -0.15) is 13.2 Å². The van der Waals surface area contributed by atoms with E-state index in [-0.39, 0.29) is 12.4 Å². The van der Waals surface area contributed by atoms with E-state index in [2.05, 4.69) is 4.98 Å². The molecular weight excluding hydrogens is 254 g/mol. The lowest BCUT2D eigenvalue weighted by Gasteiger charge is -2.09. The van der Waals surface area contributed by atoms with E-state index >= 15 is 0 Å². The fraction of sp³-hybridized carbons (Fsp3) is 0.250. The smallest absolute Gasteiger partial charge is 0.293 e. The Hall–Kier alpha value is -0.810. The van der Waals surface area contributed by atoms with Crippen molar-refractivity contribution in [2.24, 2.45) is 0 Å². The SMILES string of the molecule is Cl.O=C(CCl)c1cnccc1C(F)(F)F. The second kappa shape index (κ2) is 5.32. The highest BCUT2D eigenvalue weighted by Gasteiger charge is 2.34. The molecule has 1 aromatic rings. The van der Waals surface area contributed by atoms with Crippen LogP contribution in [0.2, 0.25) is 0 Å². The summed E-state index contributed by atoms with van der Waals surface area (Å²) in [7, 11) is 0. The number of hydrogen-bond acceptors (Lipinski definition) is 2. The van der Waals surface area contributed by atoms with Gasteiger partial charge in [0.05, 0.1) is 11.4 Å². The molecule has 7 heteroatoms. The third-order valence-corrected chi connectivity index (χ3v) is 1.79. The Bertz CT molecular complexity index is 354. The van der Waals surface area contributed by atoms with Crippen molar-refractivity contribution in [1.82, 2.24) is 4.98 Å². The Morgan fingerprint density at radius 1 is 1.47 bits per heavy atom. The minimum absolute atomic E-state index is 0. The molecule has 0 atom stereocenters. The highest BCUT2D eigenvalue weighted by molar-refractivity contribution is 6.30. The number of ketones is 1. The number of carbonyl (C=O) groups excluding carboxylic acids is 1. The van der Waals surface area contributed by atoms with Crippen molar-refractivity contribution in [3.63, 3.8) is 0 Å². The zero-order valence-corrected chi connectivity index (χ0v) is 8.79.